The Labute approximate surface area is 188 Å². The maximum Gasteiger partial charge on any atom is 0.156 e. The fourth-order valence-corrected chi connectivity index (χ4v) is 6.72. The van der Waals surface area contributed by atoms with E-state index >= 15 is 0 Å². The van der Waals surface area contributed by atoms with Gasteiger partial charge in [0.25, 0.3) is 0 Å². The highest BCUT2D eigenvalue weighted by Crippen LogP contribution is 2.60. The number of fused-ring (bicyclic) bond motifs is 1. The molecule has 7 atom stereocenters. The molecular weight excluding hydrogens is 391 g/mol. The molecule has 176 valence electrons. The van der Waals surface area contributed by atoms with Crippen LogP contribution in [0.2, 0.25) is 0 Å². The number of halogens is 1. The lowest BCUT2D eigenvalue weighted by Crippen LogP contribution is -2.40. The Morgan fingerprint density at radius 3 is 2.65 bits per heavy atom. The zero-order valence-corrected chi connectivity index (χ0v) is 19.9. The summed E-state index contributed by atoms with van der Waals surface area (Å²) < 4.78 is 13.9. The van der Waals surface area contributed by atoms with E-state index in [1.54, 1.807) is 0 Å². The Balaban J connectivity index is 1.71. The molecule has 3 N–H and O–H groups in total. The summed E-state index contributed by atoms with van der Waals surface area (Å²) in [6, 6.07) is 0. The third-order valence-corrected chi connectivity index (χ3v) is 8.54. The first-order valence-corrected chi connectivity index (χ1v) is 12.3. The van der Waals surface area contributed by atoms with Gasteiger partial charge in [-0.2, -0.15) is 0 Å². The number of hydrogen-bond donors (Lipinski definition) is 3. The minimum atomic E-state index is -1.65. The second-order valence-corrected chi connectivity index (χ2v) is 11.4. The summed E-state index contributed by atoms with van der Waals surface area (Å²) in [6.45, 7) is 12.5. The van der Waals surface area contributed by atoms with Gasteiger partial charge in [0.05, 0.1) is 11.7 Å². The summed E-state index contributed by atoms with van der Waals surface area (Å²) in [5.74, 6) is 1.93. The van der Waals surface area contributed by atoms with Crippen molar-refractivity contribution in [1.82, 2.24) is 0 Å². The van der Waals surface area contributed by atoms with Crippen molar-refractivity contribution in [2.45, 2.75) is 109 Å². The zero-order chi connectivity index (χ0) is 23.0. The highest BCUT2D eigenvalue weighted by atomic mass is 19.1. The maximum atomic E-state index is 13.9. The van der Waals surface area contributed by atoms with Crippen LogP contribution in [0.3, 0.4) is 0 Å². The molecule has 0 spiro atoms. The average Bonchev–Trinajstić information content (AvgIpc) is 3.04. The Morgan fingerprint density at radius 2 is 1.97 bits per heavy atom. The summed E-state index contributed by atoms with van der Waals surface area (Å²) in [6.07, 6.45) is 9.34. The van der Waals surface area contributed by atoms with Crippen molar-refractivity contribution in [3.05, 3.63) is 35.5 Å². The predicted molar refractivity (Wildman–Crippen MR) is 124 cm³/mol. The Hall–Kier alpha value is -0.970. The van der Waals surface area contributed by atoms with Crippen LogP contribution in [0.25, 0.3) is 0 Å². The van der Waals surface area contributed by atoms with Gasteiger partial charge in [0.15, 0.2) is 6.17 Å². The molecule has 31 heavy (non-hydrogen) atoms. The van der Waals surface area contributed by atoms with Crippen LogP contribution >= 0.6 is 0 Å². The van der Waals surface area contributed by atoms with E-state index in [1.807, 2.05) is 19.9 Å². The van der Waals surface area contributed by atoms with E-state index in [4.69, 9.17) is 0 Å². The van der Waals surface area contributed by atoms with Gasteiger partial charge in [-0.3, -0.25) is 0 Å². The molecule has 0 amide bonds. The first kappa shape index (κ1) is 24.7. The molecule has 0 saturated heterocycles. The number of hydrogen-bond acceptors (Lipinski definition) is 3. The van der Waals surface area contributed by atoms with E-state index in [9.17, 15) is 19.7 Å². The van der Waals surface area contributed by atoms with E-state index in [0.29, 0.717) is 28.7 Å². The Kier molecular flexibility index (Phi) is 7.55. The van der Waals surface area contributed by atoms with Crippen molar-refractivity contribution in [3.8, 4) is 0 Å². The monoisotopic (exact) mass is 434 g/mol. The first-order chi connectivity index (χ1) is 14.4. The molecule has 3 saturated carbocycles. The molecule has 0 aliphatic heterocycles. The lowest BCUT2D eigenvalue weighted by molar-refractivity contribution is -0.00417. The van der Waals surface area contributed by atoms with Crippen molar-refractivity contribution in [2.24, 2.45) is 23.2 Å². The highest BCUT2D eigenvalue weighted by Gasteiger charge is 2.50. The zero-order valence-electron chi connectivity index (χ0n) is 19.9. The fraction of sp³-hybridized carbons (Fsp3) is 0.778. The lowest BCUT2D eigenvalue weighted by atomic mass is 9.60. The summed E-state index contributed by atoms with van der Waals surface area (Å²) in [5.41, 5.74) is 2.36. The molecular formula is C27H43FO3. The van der Waals surface area contributed by atoms with Crippen LogP contribution in [0.15, 0.2) is 35.5 Å². The topological polar surface area (TPSA) is 60.7 Å². The molecule has 4 heteroatoms. The van der Waals surface area contributed by atoms with Gasteiger partial charge in [-0.25, -0.2) is 4.39 Å². The van der Waals surface area contributed by atoms with Crippen molar-refractivity contribution in [2.75, 3.05) is 0 Å². The van der Waals surface area contributed by atoms with Crippen molar-refractivity contribution < 1.29 is 19.7 Å². The van der Waals surface area contributed by atoms with Crippen LogP contribution in [-0.2, 0) is 0 Å². The third-order valence-electron chi connectivity index (χ3n) is 8.54. The lowest BCUT2D eigenvalue weighted by Gasteiger charge is -2.44. The van der Waals surface area contributed by atoms with Gasteiger partial charge in [0.1, 0.15) is 6.10 Å². The average molecular weight is 435 g/mol. The largest absolute Gasteiger partial charge is 0.390 e. The molecule has 0 aromatic rings. The summed E-state index contributed by atoms with van der Waals surface area (Å²) in [7, 11) is 0. The van der Waals surface area contributed by atoms with Gasteiger partial charge in [-0.05, 0) is 86.7 Å². The molecule has 0 radical (unpaired) electrons. The minimum absolute atomic E-state index is 0.212. The standard InChI is InChI=1S/C27H43FO3/c1-17(8-6-14-26(3,4)31)21-12-13-22-19(9-7-15-27(21,22)5)10-11-20-16-23(29)24(28)25(30)18(20)2/h10-11,17,21-25,29-31H,2,6-9,12-16H2,1,3-5H3/t17-,21-,22?,23-,24-,25-,27-/m1/s1. The molecule has 1 unspecified atom stereocenters. The molecule has 3 aliphatic rings. The number of aliphatic hydroxyl groups excluding tert-OH is 2. The molecule has 0 heterocycles. The van der Waals surface area contributed by atoms with Crippen molar-refractivity contribution in [3.63, 3.8) is 0 Å². The van der Waals surface area contributed by atoms with Gasteiger partial charge in [0.2, 0.25) is 0 Å². The number of rotatable bonds is 6. The quantitative estimate of drug-likeness (QED) is 0.506. The van der Waals surface area contributed by atoms with Gasteiger partial charge in [-0.15, -0.1) is 0 Å². The van der Waals surface area contributed by atoms with E-state index < -0.39 is 24.0 Å². The Morgan fingerprint density at radius 1 is 1.26 bits per heavy atom. The van der Waals surface area contributed by atoms with Gasteiger partial charge >= 0.3 is 0 Å². The summed E-state index contributed by atoms with van der Waals surface area (Å²) in [5, 5.41) is 30.0. The van der Waals surface area contributed by atoms with E-state index in [2.05, 4.69) is 26.5 Å². The SMILES string of the molecule is C=C1C(=CC=C2CCC[C@@]3(C)C2CC[C@@H]3[C@H](C)CCCC(C)(C)O)C[C@@H](O)[C@@H](F)[C@@H]1O. The second kappa shape index (κ2) is 9.49. The minimum Gasteiger partial charge on any atom is -0.390 e. The summed E-state index contributed by atoms with van der Waals surface area (Å²) in [4.78, 5) is 0. The normalized spacial score (nSPS) is 40.4. The second-order valence-electron chi connectivity index (χ2n) is 11.4. The molecule has 0 aromatic carbocycles. The van der Waals surface area contributed by atoms with E-state index in [0.717, 1.165) is 24.8 Å². The molecule has 3 nitrogen and oxygen atoms in total. The maximum absolute atomic E-state index is 13.9. The molecule has 3 aliphatic carbocycles. The van der Waals surface area contributed by atoms with Crippen LogP contribution in [0.4, 0.5) is 4.39 Å². The van der Waals surface area contributed by atoms with Crippen molar-refractivity contribution >= 4 is 0 Å². The highest BCUT2D eigenvalue weighted by molar-refractivity contribution is 5.40. The predicted octanol–water partition coefficient (Wildman–Crippen LogP) is 5.65. The number of allylic oxidation sites excluding steroid dienone is 3. The molecule has 3 fully saturated rings. The Bertz CT molecular complexity index is 718. The van der Waals surface area contributed by atoms with E-state index in [1.165, 1.54) is 37.7 Å². The first-order valence-electron chi connectivity index (χ1n) is 12.3. The fourth-order valence-electron chi connectivity index (χ4n) is 6.72. The van der Waals surface area contributed by atoms with Gasteiger partial charge < -0.3 is 15.3 Å². The molecule has 0 aromatic heterocycles. The van der Waals surface area contributed by atoms with Crippen LogP contribution in [0, 0.1) is 23.2 Å². The number of aliphatic hydroxyl groups is 3. The number of alkyl halides is 1. The van der Waals surface area contributed by atoms with Crippen LogP contribution in [-0.4, -0.2) is 39.3 Å². The molecule has 3 rings (SSSR count). The van der Waals surface area contributed by atoms with Crippen molar-refractivity contribution in [1.29, 1.82) is 0 Å². The summed E-state index contributed by atoms with van der Waals surface area (Å²) >= 11 is 0. The van der Waals surface area contributed by atoms with Crippen LogP contribution < -0.4 is 0 Å². The molecule has 0 bridgehead atoms. The van der Waals surface area contributed by atoms with Gasteiger partial charge in [-0.1, -0.05) is 51.0 Å². The van der Waals surface area contributed by atoms with Crippen LogP contribution in [0.1, 0.15) is 85.5 Å². The van der Waals surface area contributed by atoms with Crippen LogP contribution in [0.5, 0.6) is 0 Å². The van der Waals surface area contributed by atoms with E-state index in [-0.39, 0.29) is 6.42 Å². The smallest absolute Gasteiger partial charge is 0.156 e. The third kappa shape index (κ3) is 5.34. The van der Waals surface area contributed by atoms with Gasteiger partial charge in [0, 0.05) is 6.42 Å².